The van der Waals surface area contributed by atoms with Gasteiger partial charge < -0.3 is 4.46 Å². The Morgan fingerprint density at radius 3 is 1.50 bits per heavy atom. The summed E-state index contributed by atoms with van der Waals surface area (Å²) in [6.07, 6.45) is 0. The standard InChI is InChI=1S/C4H9OSi/c1-4(2,3)6-5/h1-3H3. The van der Waals surface area contributed by atoms with E-state index in [4.69, 9.17) is 0 Å². The van der Waals surface area contributed by atoms with Gasteiger partial charge in [0.1, 0.15) is 0 Å². The maximum absolute atomic E-state index is 9.98. The summed E-state index contributed by atoms with van der Waals surface area (Å²) in [5.74, 6) is 0. The summed E-state index contributed by atoms with van der Waals surface area (Å²) in [6.45, 7) is 5.83. The fourth-order valence-electron chi connectivity index (χ4n) is 0. The van der Waals surface area contributed by atoms with Crippen LogP contribution in [-0.4, -0.2) is 9.41 Å². The van der Waals surface area contributed by atoms with Gasteiger partial charge >= 0.3 is 9.41 Å². The highest BCUT2D eigenvalue weighted by Gasteiger charge is 2.07. The van der Waals surface area contributed by atoms with E-state index in [0.29, 0.717) is 0 Å². The van der Waals surface area contributed by atoms with Crippen molar-refractivity contribution in [3.8, 4) is 0 Å². The van der Waals surface area contributed by atoms with Gasteiger partial charge in [-0.25, -0.2) is 0 Å². The number of hydrogen-bond acceptors (Lipinski definition) is 1. The van der Waals surface area contributed by atoms with E-state index in [-0.39, 0.29) is 14.4 Å². The minimum Gasteiger partial charge on any atom is -0.384 e. The topological polar surface area (TPSA) is 17.1 Å². The zero-order valence-corrected chi connectivity index (χ0v) is 5.41. The molecule has 0 N–H and O–H groups in total. The molecular weight excluding hydrogens is 92.1 g/mol. The smallest absolute Gasteiger partial charge is 0.332 e. The van der Waals surface area contributed by atoms with Crippen LogP contribution in [0.25, 0.3) is 0 Å². The molecular formula is C4H9OSi. The summed E-state index contributed by atoms with van der Waals surface area (Å²) in [5, 5.41) is 0.0139. The molecule has 0 saturated heterocycles. The second-order valence-electron chi connectivity index (χ2n) is 2.35. The van der Waals surface area contributed by atoms with Gasteiger partial charge in [0.05, 0.1) is 0 Å². The van der Waals surface area contributed by atoms with Crippen LogP contribution < -0.4 is 0 Å². The van der Waals surface area contributed by atoms with Gasteiger partial charge in [0.25, 0.3) is 0 Å². The van der Waals surface area contributed by atoms with E-state index in [0.717, 1.165) is 0 Å². The van der Waals surface area contributed by atoms with E-state index in [1.54, 1.807) is 0 Å². The van der Waals surface area contributed by atoms with Gasteiger partial charge in [-0.15, -0.1) is 0 Å². The van der Waals surface area contributed by atoms with E-state index in [1.807, 2.05) is 20.8 Å². The van der Waals surface area contributed by atoms with Crippen LogP contribution in [0, 0.1) is 0 Å². The largest absolute Gasteiger partial charge is 0.384 e. The highest BCUT2D eigenvalue weighted by Crippen LogP contribution is 2.15. The van der Waals surface area contributed by atoms with Crippen molar-refractivity contribution in [2.75, 3.05) is 0 Å². The maximum atomic E-state index is 9.98. The Bertz CT molecular complexity index is 53.1. The van der Waals surface area contributed by atoms with E-state index in [9.17, 15) is 4.46 Å². The van der Waals surface area contributed by atoms with Gasteiger partial charge in [0.2, 0.25) is 0 Å². The highest BCUT2D eigenvalue weighted by molar-refractivity contribution is 6.21. The van der Waals surface area contributed by atoms with Crippen LogP contribution in [0.3, 0.4) is 0 Å². The first-order valence-electron chi connectivity index (χ1n) is 1.95. The third-order valence-corrected chi connectivity index (χ3v) is 0.919. The lowest BCUT2D eigenvalue weighted by atomic mass is 10.3. The minimum absolute atomic E-state index is 0.0139. The lowest BCUT2D eigenvalue weighted by molar-refractivity contribution is 0.547. The fraction of sp³-hybridized carbons (Fsp3) is 1.00. The number of rotatable bonds is 0. The monoisotopic (exact) mass is 101 g/mol. The zero-order chi connectivity index (χ0) is 5.21. The van der Waals surface area contributed by atoms with E-state index in [1.165, 1.54) is 0 Å². The van der Waals surface area contributed by atoms with Gasteiger partial charge in [0.15, 0.2) is 0 Å². The van der Waals surface area contributed by atoms with Crippen molar-refractivity contribution in [2.24, 2.45) is 0 Å². The molecule has 0 aromatic carbocycles. The Balaban J connectivity index is 3.45. The summed E-state index contributed by atoms with van der Waals surface area (Å²) < 4.78 is 9.98. The Hall–Kier alpha value is 0.0169. The Morgan fingerprint density at radius 1 is 1.33 bits per heavy atom. The Labute approximate surface area is 40.6 Å². The quantitative estimate of drug-likeness (QED) is 0.420. The lowest BCUT2D eigenvalue weighted by Gasteiger charge is -2.01. The summed E-state index contributed by atoms with van der Waals surface area (Å²) in [6, 6.07) is 0. The van der Waals surface area contributed by atoms with Crippen LogP contribution >= 0.6 is 0 Å². The van der Waals surface area contributed by atoms with Crippen LogP contribution in [0.2, 0.25) is 5.04 Å². The first-order valence-corrected chi connectivity index (χ1v) is 2.86. The molecule has 0 aromatic rings. The van der Waals surface area contributed by atoms with Crippen molar-refractivity contribution in [1.82, 2.24) is 0 Å². The summed E-state index contributed by atoms with van der Waals surface area (Å²) in [4.78, 5) is 0. The van der Waals surface area contributed by atoms with Gasteiger partial charge in [-0.2, -0.15) is 0 Å². The third kappa shape index (κ3) is 4.02. The molecule has 1 nitrogen and oxygen atoms in total. The molecule has 0 fully saturated rings. The summed E-state index contributed by atoms with van der Waals surface area (Å²) in [5.41, 5.74) is 0. The molecule has 0 atom stereocenters. The maximum Gasteiger partial charge on any atom is 0.332 e. The SMILES string of the molecule is CC(C)(C)[Si]=O. The first-order chi connectivity index (χ1) is 2.56. The second kappa shape index (κ2) is 1.64. The first kappa shape index (κ1) is 6.02. The van der Waals surface area contributed by atoms with Crippen molar-refractivity contribution in [3.05, 3.63) is 0 Å². The average Bonchev–Trinajstić information content (AvgIpc) is 1.35. The molecule has 0 unspecified atom stereocenters. The molecule has 0 aliphatic heterocycles. The molecule has 0 spiro atoms. The fourth-order valence-corrected chi connectivity index (χ4v) is 0. The van der Waals surface area contributed by atoms with Gasteiger partial charge in [0, 0.05) is 5.04 Å². The normalized spacial score (nSPS) is 11.2. The van der Waals surface area contributed by atoms with Gasteiger partial charge in [-0.3, -0.25) is 0 Å². The van der Waals surface area contributed by atoms with Gasteiger partial charge in [-0.05, 0) is 0 Å². The molecule has 0 heterocycles. The zero-order valence-electron chi connectivity index (χ0n) is 4.41. The van der Waals surface area contributed by atoms with Gasteiger partial charge in [-0.1, -0.05) is 20.8 Å². The molecule has 6 heavy (non-hydrogen) atoms. The van der Waals surface area contributed by atoms with E-state index in [2.05, 4.69) is 0 Å². The van der Waals surface area contributed by atoms with E-state index >= 15 is 0 Å². The predicted octanol–water partition coefficient (Wildman–Crippen LogP) is 1.25. The molecule has 0 saturated carbocycles. The van der Waals surface area contributed by atoms with Crippen molar-refractivity contribution < 1.29 is 4.46 Å². The molecule has 1 radical (unpaired) electrons. The van der Waals surface area contributed by atoms with Crippen LogP contribution in [0.1, 0.15) is 20.8 Å². The Kier molecular flexibility index (Phi) is 1.65. The average molecular weight is 101 g/mol. The second-order valence-corrected chi connectivity index (χ2v) is 4.06. The molecule has 0 rings (SSSR count). The third-order valence-electron chi connectivity index (χ3n) is 0.306. The minimum atomic E-state index is -0.183. The molecule has 35 valence electrons. The molecule has 0 bridgehead atoms. The molecule has 0 amide bonds. The summed E-state index contributed by atoms with van der Waals surface area (Å²) >= 11 is 0. The van der Waals surface area contributed by atoms with Crippen LogP contribution in [-0.2, 0) is 4.46 Å². The molecule has 0 aliphatic rings. The van der Waals surface area contributed by atoms with Crippen LogP contribution in [0.15, 0.2) is 0 Å². The predicted molar refractivity (Wildman–Crippen MR) is 26.2 cm³/mol. The van der Waals surface area contributed by atoms with E-state index < -0.39 is 0 Å². The molecule has 0 aliphatic carbocycles. The van der Waals surface area contributed by atoms with Crippen LogP contribution in [0.4, 0.5) is 0 Å². The van der Waals surface area contributed by atoms with Crippen molar-refractivity contribution >= 4 is 9.41 Å². The van der Waals surface area contributed by atoms with Crippen molar-refractivity contribution in [2.45, 2.75) is 25.8 Å². The Morgan fingerprint density at radius 2 is 1.50 bits per heavy atom. The van der Waals surface area contributed by atoms with Crippen molar-refractivity contribution in [3.63, 3.8) is 0 Å². The lowest BCUT2D eigenvalue weighted by Crippen LogP contribution is -1.97. The van der Waals surface area contributed by atoms with Crippen molar-refractivity contribution in [1.29, 1.82) is 0 Å². The van der Waals surface area contributed by atoms with Crippen LogP contribution in [0.5, 0.6) is 0 Å². The molecule has 2 heteroatoms. The highest BCUT2D eigenvalue weighted by atomic mass is 28.2. The summed E-state index contributed by atoms with van der Waals surface area (Å²) in [7, 11) is -0.183. The number of hydrogen-bond donors (Lipinski definition) is 0. The molecule has 0 aromatic heterocycles.